The summed E-state index contributed by atoms with van der Waals surface area (Å²) in [6.45, 7) is 1.65. The van der Waals surface area contributed by atoms with Crippen LogP contribution in [0.4, 0.5) is 0 Å². The number of halogens is 1. The van der Waals surface area contributed by atoms with E-state index in [1.807, 2.05) is 24.3 Å². The second-order valence-electron chi connectivity index (χ2n) is 2.74. The average Bonchev–Trinajstić information content (AvgIpc) is 2.19. The molecule has 0 bridgehead atoms. The van der Waals surface area contributed by atoms with E-state index in [1.165, 1.54) is 5.56 Å². The molecule has 0 aliphatic carbocycles. The van der Waals surface area contributed by atoms with Gasteiger partial charge in [-0.25, -0.2) is 0 Å². The Morgan fingerprint density at radius 3 is 2.57 bits per heavy atom. The fourth-order valence-electron chi connectivity index (χ4n) is 1.02. The number of hydrogen-bond donors (Lipinski definition) is 2. The van der Waals surface area contributed by atoms with E-state index >= 15 is 0 Å². The summed E-state index contributed by atoms with van der Waals surface area (Å²) in [7, 11) is 0. The monoisotopic (exact) mass is 213 g/mol. The summed E-state index contributed by atoms with van der Waals surface area (Å²) in [6, 6.07) is 10.1. The molecular weight excluding hydrogens is 198 g/mol. The smallest absolute Gasteiger partial charge is 0.0556 e. The highest BCUT2D eigenvalue weighted by molar-refractivity contribution is 5.85. The van der Waals surface area contributed by atoms with E-state index in [-0.39, 0.29) is 19.0 Å². The predicted octanol–water partition coefficient (Wildman–Crippen LogP) is 1.70. The number of aliphatic hydroxyl groups excluding tert-OH is 1. The first-order valence-electron chi connectivity index (χ1n) is 4.46. The fraction of sp³-hybridized carbons (Fsp3) is 0.273. The normalized spacial score (nSPS) is 10.1. The second kappa shape index (κ2) is 8.75. The van der Waals surface area contributed by atoms with E-state index in [0.717, 1.165) is 6.54 Å². The van der Waals surface area contributed by atoms with Gasteiger partial charge in [-0.3, -0.25) is 0 Å². The summed E-state index contributed by atoms with van der Waals surface area (Å²) in [6.07, 6.45) is 4.11. The van der Waals surface area contributed by atoms with Gasteiger partial charge in [0.25, 0.3) is 0 Å². The highest BCUT2D eigenvalue weighted by atomic mass is 35.5. The van der Waals surface area contributed by atoms with Gasteiger partial charge < -0.3 is 10.4 Å². The summed E-state index contributed by atoms with van der Waals surface area (Å²) >= 11 is 0. The Bertz CT molecular complexity index is 249. The Labute approximate surface area is 91.1 Å². The molecule has 2 N–H and O–H groups in total. The molecule has 0 aliphatic heterocycles. The third-order valence-electron chi connectivity index (χ3n) is 1.66. The van der Waals surface area contributed by atoms with Gasteiger partial charge in [-0.15, -0.1) is 12.4 Å². The second-order valence-corrected chi connectivity index (χ2v) is 2.74. The third kappa shape index (κ3) is 5.75. The lowest BCUT2D eigenvalue weighted by molar-refractivity contribution is 0.294. The minimum Gasteiger partial charge on any atom is -0.395 e. The van der Waals surface area contributed by atoms with Crippen LogP contribution in [-0.4, -0.2) is 24.8 Å². The van der Waals surface area contributed by atoms with Gasteiger partial charge in [-0.2, -0.15) is 0 Å². The molecule has 0 unspecified atom stereocenters. The van der Waals surface area contributed by atoms with Gasteiger partial charge in [0.2, 0.25) is 0 Å². The molecule has 78 valence electrons. The Morgan fingerprint density at radius 1 is 1.21 bits per heavy atom. The van der Waals surface area contributed by atoms with Crippen LogP contribution in [0.3, 0.4) is 0 Å². The Balaban J connectivity index is 0.00000169. The van der Waals surface area contributed by atoms with Crippen LogP contribution in [0.25, 0.3) is 6.08 Å². The van der Waals surface area contributed by atoms with Crippen molar-refractivity contribution in [2.75, 3.05) is 19.7 Å². The lowest BCUT2D eigenvalue weighted by atomic mass is 10.2. The van der Waals surface area contributed by atoms with Crippen molar-refractivity contribution in [1.29, 1.82) is 0 Å². The number of benzene rings is 1. The summed E-state index contributed by atoms with van der Waals surface area (Å²) < 4.78 is 0. The van der Waals surface area contributed by atoms with Gasteiger partial charge in [-0.05, 0) is 5.56 Å². The molecule has 0 spiro atoms. The van der Waals surface area contributed by atoms with Crippen molar-refractivity contribution in [2.24, 2.45) is 0 Å². The number of hydrogen-bond acceptors (Lipinski definition) is 2. The van der Waals surface area contributed by atoms with Gasteiger partial charge in [0, 0.05) is 13.1 Å². The highest BCUT2D eigenvalue weighted by Gasteiger charge is 1.82. The molecule has 0 amide bonds. The van der Waals surface area contributed by atoms with Gasteiger partial charge in [-0.1, -0.05) is 42.5 Å². The number of nitrogens with one attached hydrogen (secondary N) is 1. The van der Waals surface area contributed by atoms with Crippen LogP contribution in [0.1, 0.15) is 5.56 Å². The van der Waals surface area contributed by atoms with Crippen LogP contribution in [0.15, 0.2) is 36.4 Å². The molecule has 2 nitrogen and oxygen atoms in total. The molecule has 1 rings (SSSR count). The van der Waals surface area contributed by atoms with Crippen LogP contribution in [0.2, 0.25) is 0 Å². The maximum atomic E-state index is 8.50. The molecule has 0 saturated carbocycles. The topological polar surface area (TPSA) is 32.3 Å². The van der Waals surface area contributed by atoms with Crippen molar-refractivity contribution in [1.82, 2.24) is 5.32 Å². The Morgan fingerprint density at radius 2 is 1.93 bits per heavy atom. The molecule has 0 atom stereocenters. The summed E-state index contributed by atoms with van der Waals surface area (Å²) in [5.41, 5.74) is 1.20. The summed E-state index contributed by atoms with van der Waals surface area (Å²) in [5, 5.41) is 11.6. The maximum absolute atomic E-state index is 8.50. The molecule has 0 saturated heterocycles. The number of rotatable bonds is 5. The standard InChI is InChI=1S/C11H15NO.ClH/c13-10-9-12-8-4-7-11-5-2-1-3-6-11;/h1-7,12-13H,8-10H2;1H. The quantitative estimate of drug-likeness (QED) is 0.730. The van der Waals surface area contributed by atoms with Crippen molar-refractivity contribution in [3.63, 3.8) is 0 Å². The first-order chi connectivity index (χ1) is 6.43. The number of aliphatic hydroxyl groups is 1. The van der Waals surface area contributed by atoms with E-state index in [4.69, 9.17) is 5.11 Å². The molecule has 1 aromatic rings. The van der Waals surface area contributed by atoms with Crippen LogP contribution >= 0.6 is 12.4 Å². The van der Waals surface area contributed by atoms with Crippen LogP contribution in [0.5, 0.6) is 0 Å². The fourth-order valence-corrected chi connectivity index (χ4v) is 1.02. The van der Waals surface area contributed by atoms with Crippen molar-refractivity contribution >= 4 is 18.5 Å². The van der Waals surface area contributed by atoms with Crippen molar-refractivity contribution in [3.05, 3.63) is 42.0 Å². The van der Waals surface area contributed by atoms with E-state index in [9.17, 15) is 0 Å². The minimum atomic E-state index is 0. The van der Waals surface area contributed by atoms with Crippen LogP contribution in [-0.2, 0) is 0 Å². The highest BCUT2D eigenvalue weighted by Crippen LogP contribution is 1.99. The SMILES string of the molecule is Cl.OCCNCC=Cc1ccccc1. The first-order valence-corrected chi connectivity index (χ1v) is 4.46. The van der Waals surface area contributed by atoms with Gasteiger partial charge in [0.05, 0.1) is 6.61 Å². The molecular formula is C11H16ClNO. The maximum Gasteiger partial charge on any atom is 0.0556 e. The van der Waals surface area contributed by atoms with Crippen molar-refractivity contribution in [3.8, 4) is 0 Å². The van der Waals surface area contributed by atoms with E-state index < -0.39 is 0 Å². The van der Waals surface area contributed by atoms with Crippen molar-refractivity contribution < 1.29 is 5.11 Å². The molecule has 0 aliphatic rings. The zero-order valence-corrected chi connectivity index (χ0v) is 8.83. The van der Waals surface area contributed by atoms with Gasteiger partial charge in [0.1, 0.15) is 0 Å². The Hall–Kier alpha value is -0.830. The molecule has 0 aromatic heterocycles. The van der Waals surface area contributed by atoms with Gasteiger partial charge in [0.15, 0.2) is 0 Å². The van der Waals surface area contributed by atoms with Crippen molar-refractivity contribution in [2.45, 2.75) is 0 Å². The lowest BCUT2D eigenvalue weighted by Crippen LogP contribution is -2.17. The van der Waals surface area contributed by atoms with Crippen LogP contribution in [0, 0.1) is 0 Å². The average molecular weight is 214 g/mol. The molecule has 0 heterocycles. The molecule has 3 heteroatoms. The van der Waals surface area contributed by atoms with E-state index in [0.29, 0.717) is 6.54 Å². The molecule has 0 fully saturated rings. The third-order valence-corrected chi connectivity index (χ3v) is 1.66. The zero-order valence-electron chi connectivity index (χ0n) is 8.02. The molecule has 1 aromatic carbocycles. The largest absolute Gasteiger partial charge is 0.395 e. The molecule has 0 radical (unpaired) electrons. The zero-order chi connectivity index (χ0) is 9.36. The summed E-state index contributed by atoms with van der Waals surface area (Å²) in [5.74, 6) is 0. The minimum absolute atomic E-state index is 0. The van der Waals surface area contributed by atoms with Crippen LogP contribution < -0.4 is 5.32 Å². The summed E-state index contributed by atoms with van der Waals surface area (Å²) in [4.78, 5) is 0. The lowest BCUT2D eigenvalue weighted by Gasteiger charge is -1.95. The predicted molar refractivity (Wildman–Crippen MR) is 62.7 cm³/mol. The molecule has 14 heavy (non-hydrogen) atoms. The van der Waals surface area contributed by atoms with E-state index in [2.05, 4.69) is 23.5 Å². The van der Waals surface area contributed by atoms with E-state index in [1.54, 1.807) is 0 Å². The Kier molecular flexibility index (Phi) is 8.24. The van der Waals surface area contributed by atoms with Gasteiger partial charge >= 0.3 is 0 Å². The first kappa shape index (κ1) is 13.2.